The number of hydrogen-bond donors (Lipinski definition) is 3. The number of nitrogens with zero attached hydrogens (tertiary/aromatic N) is 2. The van der Waals surface area contributed by atoms with Gasteiger partial charge in [-0.3, -0.25) is 19.3 Å². The SMILES string of the molecule is COc1ccc2c3c([nH]c2c1)[C@H](C=C(C)C)N1C(=O)[C@@H]2CCCN2C(=O)C1(OC)[C@H]3OC(=O)c1cc(O)cc(OC)c1C(=O)c1c(O)cc(C)cc1OC. The number of amides is 2. The van der Waals surface area contributed by atoms with Crippen molar-refractivity contribution in [3.63, 3.8) is 0 Å². The van der Waals surface area contributed by atoms with Crippen LogP contribution in [0.1, 0.15) is 81.9 Å². The lowest BCUT2D eigenvalue weighted by Crippen LogP contribution is -2.75. The maximum atomic E-state index is 14.9. The van der Waals surface area contributed by atoms with Gasteiger partial charge >= 0.3 is 5.97 Å². The minimum atomic E-state index is -2.20. The van der Waals surface area contributed by atoms with E-state index >= 15 is 0 Å². The van der Waals surface area contributed by atoms with Gasteiger partial charge in [0.25, 0.3) is 11.6 Å². The van der Waals surface area contributed by atoms with Crippen LogP contribution in [0.5, 0.6) is 28.7 Å². The van der Waals surface area contributed by atoms with E-state index in [1.54, 1.807) is 31.2 Å². The summed E-state index contributed by atoms with van der Waals surface area (Å²) in [5.74, 6) is -3.45. The topological polar surface area (TPSA) is 177 Å². The van der Waals surface area contributed by atoms with Crippen molar-refractivity contribution in [3.8, 4) is 28.7 Å². The van der Waals surface area contributed by atoms with E-state index in [1.807, 2.05) is 19.9 Å². The zero-order valence-corrected chi connectivity index (χ0v) is 30.9. The Morgan fingerprint density at radius 3 is 2.33 bits per heavy atom. The van der Waals surface area contributed by atoms with Crippen LogP contribution in [0.25, 0.3) is 10.9 Å². The number of allylic oxidation sites excluding steroid dienone is 1. The maximum Gasteiger partial charge on any atom is 0.339 e. The van der Waals surface area contributed by atoms with E-state index in [4.69, 9.17) is 23.7 Å². The highest BCUT2D eigenvalue weighted by Crippen LogP contribution is 2.55. The Morgan fingerprint density at radius 2 is 1.67 bits per heavy atom. The van der Waals surface area contributed by atoms with Crippen molar-refractivity contribution in [2.45, 2.75) is 57.5 Å². The molecule has 4 aromatic rings. The molecule has 0 bridgehead atoms. The fourth-order valence-corrected chi connectivity index (χ4v) is 8.15. The van der Waals surface area contributed by atoms with Crippen LogP contribution in [-0.4, -0.2) is 95.3 Å². The second-order valence-electron chi connectivity index (χ2n) is 13.9. The molecule has 2 saturated heterocycles. The van der Waals surface area contributed by atoms with Crippen molar-refractivity contribution < 1.29 is 53.1 Å². The van der Waals surface area contributed by atoms with Crippen molar-refractivity contribution in [1.82, 2.24) is 14.8 Å². The number of nitrogens with one attached hydrogen (secondary N) is 1. The van der Waals surface area contributed by atoms with E-state index in [-0.39, 0.29) is 28.5 Å². The quantitative estimate of drug-likeness (QED) is 0.116. The fraction of sp³-hybridized carbons (Fsp3) is 0.350. The number of benzene rings is 3. The molecule has 2 fully saturated rings. The van der Waals surface area contributed by atoms with Crippen molar-refractivity contribution in [2.75, 3.05) is 35.0 Å². The molecule has 3 aliphatic rings. The number of fused-ring (bicyclic) bond motifs is 5. The number of H-pyrrole nitrogens is 1. The summed E-state index contributed by atoms with van der Waals surface area (Å²) >= 11 is 0. The molecule has 54 heavy (non-hydrogen) atoms. The van der Waals surface area contributed by atoms with Crippen LogP contribution in [0.4, 0.5) is 0 Å². The van der Waals surface area contributed by atoms with Crippen molar-refractivity contribution in [1.29, 1.82) is 0 Å². The summed E-state index contributed by atoms with van der Waals surface area (Å²) in [6, 6.07) is 8.75. The van der Waals surface area contributed by atoms with Gasteiger partial charge in [-0.25, -0.2) is 4.79 Å². The Kier molecular flexibility index (Phi) is 9.04. The Balaban J connectivity index is 1.48. The number of phenolic OH excluding ortho intramolecular Hbond substituents is 2. The van der Waals surface area contributed by atoms with Gasteiger partial charge in [-0.05, 0) is 69.5 Å². The second kappa shape index (κ2) is 13.4. The van der Waals surface area contributed by atoms with Gasteiger partial charge in [-0.15, -0.1) is 0 Å². The van der Waals surface area contributed by atoms with Crippen LogP contribution in [-0.2, 0) is 19.1 Å². The molecule has 1 aromatic heterocycles. The number of aryl methyl sites for hydroxylation is 1. The minimum Gasteiger partial charge on any atom is -0.508 e. The molecule has 4 atom stereocenters. The number of aromatic nitrogens is 1. The summed E-state index contributed by atoms with van der Waals surface area (Å²) in [4.78, 5) is 65.0. The van der Waals surface area contributed by atoms with Crippen LogP contribution in [0.3, 0.4) is 0 Å². The molecule has 0 saturated carbocycles. The molecule has 14 nitrogen and oxygen atoms in total. The lowest BCUT2D eigenvalue weighted by molar-refractivity contribution is -0.238. The zero-order valence-electron chi connectivity index (χ0n) is 30.9. The van der Waals surface area contributed by atoms with Gasteiger partial charge in [-0.2, -0.15) is 0 Å². The highest BCUT2D eigenvalue weighted by atomic mass is 16.6. The largest absolute Gasteiger partial charge is 0.508 e. The standard InChI is InChI=1S/C40H41N3O11/c1-19(2)13-27-34-32(23-11-10-22(50-4)18-25(23)41-34)36(40(53-7)39(49)42-12-8-9-26(42)37(47)43(27)40)54-38(48)24-16-21(44)17-30(52-6)31(24)35(46)33-28(45)14-20(3)15-29(33)51-5/h10-11,13-18,26-27,36,41,44-45H,8-9,12H2,1-7H3/t26-,27-,36-,40?/m0/s1. The first-order valence-electron chi connectivity index (χ1n) is 17.4. The predicted molar refractivity (Wildman–Crippen MR) is 194 cm³/mol. The molecule has 7 rings (SSSR count). The molecular formula is C40H41N3O11. The van der Waals surface area contributed by atoms with Gasteiger partial charge in [0.05, 0.1) is 44.2 Å². The minimum absolute atomic E-state index is 0.0314. The number of ketones is 1. The zero-order chi connectivity index (χ0) is 38.8. The number of esters is 1. The summed E-state index contributed by atoms with van der Waals surface area (Å²) < 4.78 is 29.0. The summed E-state index contributed by atoms with van der Waals surface area (Å²) in [5, 5.41) is 22.3. The summed E-state index contributed by atoms with van der Waals surface area (Å²) in [5.41, 5.74) is -0.365. The number of carbonyl (C=O) groups is 4. The van der Waals surface area contributed by atoms with Gasteiger partial charge in [0.2, 0.25) is 11.7 Å². The van der Waals surface area contributed by atoms with Crippen molar-refractivity contribution in [2.24, 2.45) is 0 Å². The highest BCUT2D eigenvalue weighted by molar-refractivity contribution is 6.19. The molecular weight excluding hydrogens is 698 g/mol. The van der Waals surface area contributed by atoms with Gasteiger partial charge in [-0.1, -0.05) is 11.6 Å². The number of aromatic amines is 1. The monoisotopic (exact) mass is 739 g/mol. The number of aromatic hydroxyl groups is 2. The molecule has 1 unspecified atom stereocenters. The lowest BCUT2D eigenvalue weighted by Gasteiger charge is -2.56. The molecule has 4 heterocycles. The molecule has 3 aliphatic heterocycles. The van der Waals surface area contributed by atoms with E-state index in [0.717, 1.165) is 17.7 Å². The van der Waals surface area contributed by atoms with Crippen LogP contribution in [0, 0.1) is 6.92 Å². The van der Waals surface area contributed by atoms with Gasteiger partial charge in [0, 0.05) is 42.3 Å². The normalized spacial score (nSPS) is 21.6. The average molecular weight is 740 g/mol. The molecule has 282 valence electrons. The van der Waals surface area contributed by atoms with Gasteiger partial charge in [0.1, 0.15) is 40.4 Å². The third-order valence-electron chi connectivity index (χ3n) is 10.4. The first-order chi connectivity index (χ1) is 25.8. The molecule has 3 N–H and O–H groups in total. The number of hydrogen-bond acceptors (Lipinski definition) is 11. The molecule has 0 radical (unpaired) electrons. The van der Waals surface area contributed by atoms with E-state index in [9.17, 15) is 29.4 Å². The number of methoxy groups -OCH3 is 4. The first kappa shape index (κ1) is 36.3. The van der Waals surface area contributed by atoms with E-state index in [2.05, 4.69) is 4.98 Å². The van der Waals surface area contributed by atoms with E-state index in [0.29, 0.717) is 52.9 Å². The number of piperazine rings is 1. The van der Waals surface area contributed by atoms with Crippen LogP contribution in [0.15, 0.2) is 54.1 Å². The predicted octanol–water partition coefficient (Wildman–Crippen LogP) is 5.24. The molecule has 0 spiro atoms. The summed E-state index contributed by atoms with van der Waals surface area (Å²) in [6.07, 6.45) is 1.29. The highest BCUT2D eigenvalue weighted by Gasteiger charge is 2.68. The Labute approximate surface area is 310 Å². The van der Waals surface area contributed by atoms with Gasteiger partial charge in [0.15, 0.2) is 6.10 Å². The maximum absolute atomic E-state index is 14.9. The first-order valence-corrected chi connectivity index (χ1v) is 17.4. The van der Waals surface area contributed by atoms with E-state index in [1.165, 1.54) is 44.3 Å². The van der Waals surface area contributed by atoms with Crippen molar-refractivity contribution >= 4 is 34.5 Å². The van der Waals surface area contributed by atoms with Crippen LogP contribution in [0.2, 0.25) is 0 Å². The Bertz CT molecular complexity index is 2270. The number of phenols is 2. The molecule has 14 heteroatoms. The van der Waals surface area contributed by atoms with Crippen LogP contribution < -0.4 is 14.2 Å². The second-order valence-corrected chi connectivity index (χ2v) is 13.9. The molecule has 0 aliphatic carbocycles. The number of carbonyl (C=O) groups excluding carboxylic acids is 4. The summed E-state index contributed by atoms with van der Waals surface area (Å²) in [7, 11) is 5.40. The molecule has 3 aromatic carbocycles. The van der Waals surface area contributed by atoms with E-state index < -0.39 is 58.6 Å². The molecule has 2 amide bonds. The van der Waals surface area contributed by atoms with Crippen molar-refractivity contribution in [3.05, 3.63) is 87.6 Å². The number of rotatable bonds is 9. The number of ether oxygens (including phenoxy) is 5. The Morgan fingerprint density at radius 1 is 0.944 bits per heavy atom. The third kappa shape index (κ3) is 5.34. The lowest BCUT2D eigenvalue weighted by atomic mass is 9.81. The third-order valence-corrected chi connectivity index (χ3v) is 10.4. The van der Waals surface area contributed by atoms with Crippen LogP contribution >= 0.6 is 0 Å². The average Bonchev–Trinajstić information content (AvgIpc) is 3.79. The Hall–Kier alpha value is -6.02. The van der Waals surface area contributed by atoms with Gasteiger partial charge < -0.3 is 43.8 Å². The fourth-order valence-electron chi connectivity index (χ4n) is 8.15. The smallest absolute Gasteiger partial charge is 0.339 e. The summed E-state index contributed by atoms with van der Waals surface area (Å²) in [6.45, 7) is 5.75.